The zero-order valence-corrected chi connectivity index (χ0v) is 10.9. The lowest BCUT2D eigenvalue weighted by Gasteiger charge is -2.13. The molecular formula is C14H18FN3. The van der Waals surface area contributed by atoms with Crippen molar-refractivity contribution in [2.45, 2.75) is 33.4 Å². The molecule has 0 atom stereocenters. The first-order chi connectivity index (χ1) is 8.56. The average molecular weight is 247 g/mol. The Morgan fingerprint density at radius 2 is 2.11 bits per heavy atom. The summed E-state index contributed by atoms with van der Waals surface area (Å²) < 4.78 is 15.3. The molecule has 1 heterocycles. The first-order valence-electron chi connectivity index (χ1n) is 6.08. The van der Waals surface area contributed by atoms with Crippen LogP contribution in [-0.2, 0) is 6.54 Å². The minimum Gasteiger partial charge on any atom is -0.379 e. The highest BCUT2D eigenvalue weighted by molar-refractivity contribution is 5.46. The van der Waals surface area contributed by atoms with Crippen LogP contribution >= 0.6 is 0 Å². The molecule has 0 spiro atoms. The van der Waals surface area contributed by atoms with Crippen LogP contribution in [-0.4, -0.2) is 9.55 Å². The minimum atomic E-state index is -0.213. The fourth-order valence-corrected chi connectivity index (χ4v) is 1.96. The van der Waals surface area contributed by atoms with E-state index < -0.39 is 0 Å². The zero-order chi connectivity index (χ0) is 13.1. The maximum atomic E-state index is 13.2. The number of nitrogens with zero attached hydrogens (tertiary/aromatic N) is 2. The van der Waals surface area contributed by atoms with Crippen molar-refractivity contribution < 1.29 is 4.39 Å². The summed E-state index contributed by atoms with van der Waals surface area (Å²) in [5.74, 6) is -0.213. The number of hydrogen-bond donors (Lipinski definition) is 1. The van der Waals surface area contributed by atoms with Crippen LogP contribution < -0.4 is 5.32 Å². The highest BCUT2D eigenvalue weighted by atomic mass is 19.1. The van der Waals surface area contributed by atoms with Crippen molar-refractivity contribution in [1.82, 2.24) is 9.55 Å². The SMILES string of the molecule is Cc1cc(F)cc(NCc2cncn2C(C)C)c1. The van der Waals surface area contributed by atoms with E-state index in [1.807, 2.05) is 25.5 Å². The van der Waals surface area contributed by atoms with Gasteiger partial charge in [0.05, 0.1) is 18.6 Å². The molecule has 0 fully saturated rings. The van der Waals surface area contributed by atoms with Crippen LogP contribution in [0.25, 0.3) is 0 Å². The summed E-state index contributed by atoms with van der Waals surface area (Å²) in [6.45, 7) is 6.74. The van der Waals surface area contributed by atoms with Crippen LogP contribution in [0.2, 0.25) is 0 Å². The lowest BCUT2D eigenvalue weighted by atomic mass is 10.2. The smallest absolute Gasteiger partial charge is 0.125 e. The molecule has 0 aliphatic heterocycles. The third kappa shape index (κ3) is 2.88. The van der Waals surface area contributed by atoms with E-state index in [1.165, 1.54) is 12.1 Å². The number of hydrogen-bond acceptors (Lipinski definition) is 2. The Bertz CT molecular complexity index is 511. The van der Waals surface area contributed by atoms with Gasteiger partial charge in [-0.2, -0.15) is 0 Å². The minimum absolute atomic E-state index is 0.213. The van der Waals surface area contributed by atoms with Crippen molar-refractivity contribution in [2.24, 2.45) is 0 Å². The van der Waals surface area contributed by atoms with Crippen molar-refractivity contribution in [1.29, 1.82) is 0 Å². The highest BCUT2D eigenvalue weighted by Crippen LogP contribution is 2.15. The number of halogens is 1. The second kappa shape index (κ2) is 5.21. The molecule has 0 amide bonds. The molecule has 4 heteroatoms. The van der Waals surface area contributed by atoms with Crippen molar-refractivity contribution in [3.05, 3.63) is 47.8 Å². The lowest BCUT2D eigenvalue weighted by Crippen LogP contribution is -2.09. The summed E-state index contributed by atoms with van der Waals surface area (Å²) in [5.41, 5.74) is 2.80. The maximum Gasteiger partial charge on any atom is 0.125 e. The summed E-state index contributed by atoms with van der Waals surface area (Å²) in [5, 5.41) is 3.22. The number of aryl methyl sites for hydroxylation is 1. The number of anilines is 1. The van der Waals surface area contributed by atoms with E-state index in [1.54, 1.807) is 0 Å². The van der Waals surface area contributed by atoms with Crippen LogP contribution in [0.5, 0.6) is 0 Å². The lowest BCUT2D eigenvalue weighted by molar-refractivity contribution is 0.577. The zero-order valence-electron chi connectivity index (χ0n) is 10.9. The van der Waals surface area contributed by atoms with E-state index in [4.69, 9.17) is 0 Å². The molecule has 0 saturated carbocycles. The van der Waals surface area contributed by atoms with Gasteiger partial charge < -0.3 is 9.88 Å². The van der Waals surface area contributed by atoms with Crippen LogP contribution in [0, 0.1) is 12.7 Å². The van der Waals surface area contributed by atoms with Crippen LogP contribution in [0.4, 0.5) is 10.1 Å². The Balaban J connectivity index is 2.09. The molecule has 0 radical (unpaired) electrons. The summed E-state index contributed by atoms with van der Waals surface area (Å²) >= 11 is 0. The van der Waals surface area contributed by atoms with E-state index >= 15 is 0 Å². The predicted molar refractivity (Wildman–Crippen MR) is 71.1 cm³/mol. The highest BCUT2D eigenvalue weighted by Gasteiger charge is 2.05. The number of benzene rings is 1. The molecule has 0 unspecified atom stereocenters. The molecule has 0 aliphatic carbocycles. The van der Waals surface area contributed by atoms with Crippen molar-refractivity contribution in [2.75, 3.05) is 5.32 Å². The van der Waals surface area contributed by atoms with Crippen molar-refractivity contribution in [3.63, 3.8) is 0 Å². The van der Waals surface area contributed by atoms with E-state index in [0.29, 0.717) is 12.6 Å². The van der Waals surface area contributed by atoms with Crippen molar-refractivity contribution in [3.8, 4) is 0 Å². The largest absolute Gasteiger partial charge is 0.379 e. The van der Waals surface area contributed by atoms with Crippen LogP contribution in [0.15, 0.2) is 30.7 Å². The first-order valence-corrected chi connectivity index (χ1v) is 6.08. The van der Waals surface area contributed by atoms with E-state index in [2.05, 4.69) is 28.7 Å². The van der Waals surface area contributed by atoms with E-state index in [0.717, 1.165) is 16.9 Å². The molecular weight excluding hydrogens is 229 g/mol. The van der Waals surface area contributed by atoms with Crippen molar-refractivity contribution >= 4 is 5.69 Å². The van der Waals surface area contributed by atoms with Gasteiger partial charge in [0.1, 0.15) is 5.82 Å². The molecule has 3 nitrogen and oxygen atoms in total. The molecule has 18 heavy (non-hydrogen) atoms. The number of imidazole rings is 1. The third-order valence-corrected chi connectivity index (χ3v) is 2.82. The molecule has 1 aromatic heterocycles. The fourth-order valence-electron chi connectivity index (χ4n) is 1.96. The standard InChI is InChI=1S/C14H18FN3/c1-10(2)18-9-16-7-14(18)8-17-13-5-11(3)4-12(15)6-13/h4-7,9-10,17H,8H2,1-3H3. The molecule has 1 aromatic carbocycles. The quantitative estimate of drug-likeness (QED) is 0.895. The summed E-state index contributed by atoms with van der Waals surface area (Å²) in [7, 11) is 0. The van der Waals surface area contributed by atoms with Gasteiger partial charge in [-0.1, -0.05) is 0 Å². The number of nitrogens with one attached hydrogen (secondary N) is 1. The molecule has 1 N–H and O–H groups in total. The van der Waals surface area contributed by atoms with Crippen LogP contribution in [0.3, 0.4) is 0 Å². The van der Waals surface area contributed by atoms with E-state index in [9.17, 15) is 4.39 Å². The number of rotatable bonds is 4. The third-order valence-electron chi connectivity index (χ3n) is 2.82. The average Bonchev–Trinajstić information content (AvgIpc) is 2.73. The monoisotopic (exact) mass is 247 g/mol. The second-order valence-electron chi connectivity index (χ2n) is 4.76. The summed E-state index contributed by atoms with van der Waals surface area (Å²) in [6, 6.07) is 5.32. The maximum absolute atomic E-state index is 13.2. The Morgan fingerprint density at radius 3 is 2.78 bits per heavy atom. The van der Waals surface area contributed by atoms with Gasteiger partial charge in [0, 0.05) is 17.9 Å². The van der Waals surface area contributed by atoms with Gasteiger partial charge >= 0.3 is 0 Å². The van der Waals surface area contributed by atoms with E-state index in [-0.39, 0.29) is 5.82 Å². The molecule has 0 saturated heterocycles. The Morgan fingerprint density at radius 1 is 1.33 bits per heavy atom. The molecule has 0 bridgehead atoms. The van der Waals surface area contributed by atoms with Gasteiger partial charge in [0.15, 0.2) is 0 Å². The Hall–Kier alpha value is -1.84. The molecule has 2 aromatic rings. The van der Waals surface area contributed by atoms with Gasteiger partial charge in [0.2, 0.25) is 0 Å². The fraction of sp³-hybridized carbons (Fsp3) is 0.357. The molecule has 2 rings (SSSR count). The van der Waals surface area contributed by atoms with Gasteiger partial charge in [-0.25, -0.2) is 9.37 Å². The Labute approximate surface area is 107 Å². The second-order valence-corrected chi connectivity index (χ2v) is 4.76. The normalized spacial score (nSPS) is 10.9. The summed E-state index contributed by atoms with van der Waals surface area (Å²) in [6.07, 6.45) is 3.65. The van der Waals surface area contributed by atoms with Gasteiger partial charge in [0.25, 0.3) is 0 Å². The Kier molecular flexibility index (Phi) is 3.65. The number of aromatic nitrogens is 2. The van der Waals surface area contributed by atoms with Crippen LogP contribution in [0.1, 0.15) is 31.1 Å². The predicted octanol–water partition coefficient (Wildman–Crippen LogP) is 3.52. The summed E-state index contributed by atoms with van der Waals surface area (Å²) in [4.78, 5) is 4.14. The molecule has 0 aliphatic rings. The van der Waals surface area contributed by atoms with Gasteiger partial charge in [-0.05, 0) is 44.5 Å². The van der Waals surface area contributed by atoms with Gasteiger partial charge in [-0.3, -0.25) is 0 Å². The first kappa shape index (κ1) is 12.6. The topological polar surface area (TPSA) is 29.9 Å². The molecule has 96 valence electrons. The van der Waals surface area contributed by atoms with Gasteiger partial charge in [-0.15, -0.1) is 0 Å².